The number of carbonyl (C=O) groups is 2. The molecule has 0 spiro atoms. The van der Waals surface area contributed by atoms with E-state index < -0.39 is 47.4 Å². The molecule has 0 unspecified atom stereocenters. The topological polar surface area (TPSA) is 69.4 Å². The molecule has 7 heteroatoms. The summed E-state index contributed by atoms with van der Waals surface area (Å²) in [4.78, 5) is 21.7. The summed E-state index contributed by atoms with van der Waals surface area (Å²) in [5.41, 5.74) is 4.93. The number of rotatable bonds is 3. The minimum atomic E-state index is -1.38. The number of benzene rings is 1. The maximum atomic E-state index is 13.3. The van der Waals surface area contributed by atoms with Crippen molar-refractivity contribution in [3.63, 3.8) is 0 Å². The van der Waals surface area contributed by atoms with Crippen LogP contribution in [0, 0.1) is 17.5 Å². The van der Waals surface area contributed by atoms with E-state index in [4.69, 9.17) is 5.73 Å². The molecule has 0 bridgehead atoms. The zero-order chi connectivity index (χ0) is 13.9. The summed E-state index contributed by atoms with van der Waals surface area (Å²) < 4.78 is 43.2. The largest absolute Gasteiger partial charge is 0.392 e. The molecule has 0 aliphatic rings. The Bertz CT molecular complexity index is 491. The molecule has 0 saturated carbocycles. The smallest absolute Gasteiger partial charge is 0.330 e. The summed E-state index contributed by atoms with van der Waals surface area (Å²) in [6, 6.07) is -0.290. The van der Waals surface area contributed by atoms with Gasteiger partial charge in [0, 0.05) is 19.4 Å². The van der Waals surface area contributed by atoms with Gasteiger partial charge in [-0.05, 0) is 11.6 Å². The molecule has 0 amide bonds. The summed E-state index contributed by atoms with van der Waals surface area (Å²) in [7, 11) is 0. The average Bonchev–Trinajstić information content (AvgIpc) is 2.24. The number of esters is 2. The van der Waals surface area contributed by atoms with Crippen LogP contribution in [0.3, 0.4) is 0 Å². The zero-order valence-corrected chi connectivity index (χ0v) is 9.38. The van der Waals surface area contributed by atoms with Crippen LogP contribution in [0.25, 0.3) is 0 Å². The van der Waals surface area contributed by atoms with Crippen molar-refractivity contribution >= 4 is 11.9 Å². The molecular weight excluding hydrogens is 251 g/mol. The molecule has 0 aromatic heterocycles. The van der Waals surface area contributed by atoms with Crippen molar-refractivity contribution in [3.8, 4) is 0 Å². The number of halogens is 3. The Morgan fingerprint density at radius 3 is 2.50 bits per heavy atom. The molecular formula is C11H10F3NO3. The lowest BCUT2D eigenvalue weighted by Gasteiger charge is -2.10. The first-order chi connectivity index (χ1) is 8.31. The number of hydrogen-bond acceptors (Lipinski definition) is 4. The molecule has 0 heterocycles. The highest BCUT2D eigenvalue weighted by Crippen LogP contribution is 2.15. The molecule has 98 valence electrons. The van der Waals surface area contributed by atoms with Gasteiger partial charge in [0.15, 0.2) is 11.6 Å². The Balaban J connectivity index is 2.85. The molecule has 2 N–H and O–H groups in total. The van der Waals surface area contributed by atoms with Crippen LogP contribution in [-0.4, -0.2) is 18.0 Å². The van der Waals surface area contributed by atoms with E-state index in [-0.39, 0.29) is 0 Å². The molecule has 1 aromatic carbocycles. The zero-order valence-electron chi connectivity index (χ0n) is 9.38. The first kappa shape index (κ1) is 14.2. The van der Waals surface area contributed by atoms with Crippen LogP contribution in [0.5, 0.6) is 0 Å². The van der Waals surface area contributed by atoms with Gasteiger partial charge in [-0.1, -0.05) is 0 Å². The van der Waals surface area contributed by atoms with E-state index in [1.165, 1.54) is 0 Å². The Morgan fingerprint density at radius 2 is 1.94 bits per heavy atom. The minimum absolute atomic E-state index is 0.373. The second-order valence-corrected chi connectivity index (χ2v) is 3.58. The molecule has 0 aliphatic carbocycles. The van der Waals surface area contributed by atoms with Gasteiger partial charge in [0.2, 0.25) is 0 Å². The summed E-state index contributed by atoms with van der Waals surface area (Å²) in [6.07, 6.45) is -0.480. The Morgan fingerprint density at radius 1 is 1.33 bits per heavy atom. The predicted octanol–water partition coefficient (Wildman–Crippen LogP) is 1.06. The molecule has 0 radical (unpaired) electrons. The third kappa shape index (κ3) is 3.56. The van der Waals surface area contributed by atoms with Crippen LogP contribution in [0.2, 0.25) is 0 Å². The summed E-state index contributed by atoms with van der Waals surface area (Å²) in [5, 5.41) is 0. The third-order valence-electron chi connectivity index (χ3n) is 2.06. The quantitative estimate of drug-likeness (QED) is 0.502. The predicted molar refractivity (Wildman–Crippen MR) is 54.8 cm³/mol. The molecule has 1 aromatic rings. The third-order valence-corrected chi connectivity index (χ3v) is 2.06. The van der Waals surface area contributed by atoms with Crippen molar-refractivity contribution in [2.75, 3.05) is 0 Å². The van der Waals surface area contributed by atoms with Gasteiger partial charge in [-0.3, -0.25) is 4.79 Å². The fraction of sp³-hybridized carbons (Fsp3) is 0.273. The molecule has 0 saturated heterocycles. The molecule has 0 aliphatic heterocycles. The van der Waals surface area contributed by atoms with Crippen LogP contribution in [0.1, 0.15) is 12.5 Å². The normalized spacial score (nSPS) is 12.1. The van der Waals surface area contributed by atoms with Gasteiger partial charge in [-0.15, -0.1) is 0 Å². The number of hydrogen-bond donors (Lipinski definition) is 1. The Kier molecular flexibility index (Phi) is 4.43. The van der Waals surface area contributed by atoms with E-state index in [9.17, 15) is 22.8 Å². The number of carbonyl (C=O) groups excluding carboxylic acids is 2. The first-order valence-corrected chi connectivity index (χ1v) is 4.92. The van der Waals surface area contributed by atoms with Gasteiger partial charge < -0.3 is 10.5 Å². The van der Waals surface area contributed by atoms with Crippen LogP contribution in [0.15, 0.2) is 12.1 Å². The first-order valence-electron chi connectivity index (χ1n) is 4.92. The van der Waals surface area contributed by atoms with Gasteiger partial charge in [0.25, 0.3) is 0 Å². The molecule has 1 atom stereocenters. The minimum Gasteiger partial charge on any atom is -0.392 e. The second kappa shape index (κ2) is 5.63. The standard InChI is InChI=1S/C11H10F3NO3/c1-5(16)18-11(17)9(15)3-6-2-7(12)4-8(13)10(6)14/h2,4,9H,3,15H2,1H3/t9-/m0/s1. The van der Waals surface area contributed by atoms with Gasteiger partial charge >= 0.3 is 11.9 Å². The lowest BCUT2D eigenvalue weighted by molar-refractivity contribution is -0.159. The van der Waals surface area contributed by atoms with Gasteiger partial charge in [0.05, 0.1) is 0 Å². The molecule has 4 nitrogen and oxygen atoms in total. The highest BCUT2D eigenvalue weighted by molar-refractivity contribution is 5.87. The van der Waals surface area contributed by atoms with Crippen molar-refractivity contribution in [1.82, 2.24) is 0 Å². The van der Waals surface area contributed by atoms with E-state index in [0.29, 0.717) is 6.07 Å². The van der Waals surface area contributed by atoms with Crippen molar-refractivity contribution in [1.29, 1.82) is 0 Å². The Labute approximate surface area is 101 Å². The lowest BCUT2D eigenvalue weighted by Crippen LogP contribution is -2.35. The fourth-order valence-electron chi connectivity index (χ4n) is 1.30. The van der Waals surface area contributed by atoms with E-state index in [0.717, 1.165) is 13.0 Å². The van der Waals surface area contributed by atoms with E-state index in [2.05, 4.69) is 4.74 Å². The van der Waals surface area contributed by atoms with Crippen molar-refractivity contribution in [2.45, 2.75) is 19.4 Å². The lowest BCUT2D eigenvalue weighted by atomic mass is 10.1. The Hall–Kier alpha value is -1.89. The number of ether oxygens (including phenoxy) is 1. The summed E-state index contributed by atoms with van der Waals surface area (Å²) >= 11 is 0. The summed E-state index contributed by atoms with van der Waals surface area (Å²) in [6.45, 7) is 0.993. The SMILES string of the molecule is CC(=O)OC(=O)[C@@H](N)Cc1cc(F)cc(F)c1F. The van der Waals surface area contributed by atoms with E-state index in [1.807, 2.05) is 0 Å². The molecule has 1 rings (SSSR count). The number of nitrogens with two attached hydrogens (primary N) is 1. The van der Waals surface area contributed by atoms with Gasteiger partial charge in [-0.25, -0.2) is 18.0 Å². The van der Waals surface area contributed by atoms with Crippen molar-refractivity contribution in [2.24, 2.45) is 5.73 Å². The fourth-order valence-corrected chi connectivity index (χ4v) is 1.30. The summed E-state index contributed by atoms with van der Waals surface area (Å²) in [5.74, 6) is -5.62. The maximum Gasteiger partial charge on any atom is 0.330 e. The van der Waals surface area contributed by atoms with Crippen molar-refractivity contribution in [3.05, 3.63) is 35.1 Å². The molecule has 18 heavy (non-hydrogen) atoms. The van der Waals surface area contributed by atoms with Gasteiger partial charge in [0.1, 0.15) is 11.9 Å². The van der Waals surface area contributed by atoms with Crippen LogP contribution in [-0.2, 0) is 20.7 Å². The monoisotopic (exact) mass is 261 g/mol. The van der Waals surface area contributed by atoms with E-state index in [1.54, 1.807) is 0 Å². The van der Waals surface area contributed by atoms with Gasteiger partial charge in [-0.2, -0.15) is 0 Å². The average molecular weight is 261 g/mol. The highest BCUT2D eigenvalue weighted by Gasteiger charge is 2.21. The van der Waals surface area contributed by atoms with Crippen molar-refractivity contribution < 1.29 is 27.5 Å². The van der Waals surface area contributed by atoms with Crippen LogP contribution in [0.4, 0.5) is 13.2 Å². The van der Waals surface area contributed by atoms with Crippen LogP contribution >= 0.6 is 0 Å². The van der Waals surface area contributed by atoms with E-state index >= 15 is 0 Å². The second-order valence-electron chi connectivity index (χ2n) is 3.58. The van der Waals surface area contributed by atoms with Crippen LogP contribution < -0.4 is 5.73 Å². The molecule has 0 fully saturated rings. The highest BCUT2D eigenvalue weighted by atomic mass is 19.2. The maximum absolute atomic E-state index is 13.3.